The molecule has 1 heterocycles. The van der Waals surface area contributed by atoms with Crippen molar-refractivity contribution >= 4 is 29.2 Å². The van der Waals surface area contributed by atoms with Gasteiger partial charge in [0.25, 0.3) is 5.91 Å². The number of carbonyl (C=O) groups is 3. The van der Waals surface area contributed by atoms with Crippen LogP contribution in [0.1, 0.15) is 56.0 Å². The molecule has 264 valence electrons. The van der Waals surface area contributed by atoms with E-state index in [1.54, 1.807) is 73.3 Å². The minimum Gasteiger partial charge on any atom is -0.497 e. The van der Waals surface area contributed by atoms with Crippen LogP contribution < -0.4 is 20.1 Å². The Balaban J connectivity index is 1.57. The first kappa shape index (κ1) is 37.2. The maximum absolute atomic E-state index is 14.4. The molecule has 0 aliphatic carbocycles. The van der Waals surface area contributed by atoms with Crippen LogP contribution in [0.25, 0.3) is 0 Å². The van der Waals surface area contributed by atoms with Crippen LogP contribution in [0, 0.1) is 5.92 Å². The normalized spacial score (nSPS) is 19.4. The number of likely N-dealkylation sites (N-methyl/N-ethyl adjacent to an activating group) is 1. The predicted molar refractivity (Wildman–Crippen MR) is 190 cm³/mol. The maximum atomic E-state index is 14.4. The van der Waals surface area contributed by atoms with Crippen LogP contribution in [0.15, 0.2) is 72.8 Å². The molecule has 3 aromatic rings. The molecule has 1 aliphatic rings. The first-order valence-corrected chi connectivity index (χ1v) is 16.9. The van der Waals surface area contributed by atoms with E-state index in [0.29, 0.717) is 36.0 Å². The van der Waals surface area contributed by atoms with E-state index >= 15 is 0 Å². The molecule has 0 spiro atoms. The summed E-state index contributed by atoms with van der Waals surface area (Å²) in [7, 11) is 3.35. The molecular formula is C38H50N4O7. The van der Waals surface area contributed by atoms with E-state index in [1.165, 1.54) is 0 Å². The number of urea groups is 1. The van der Waals surface area contributed by atoms with Gasteiger partial charge in [0.1, 0.15) is 11.5 Å². The summed E-state index contributed by atoms with van der Waals surface area (Å²) in [6.45, 7) is 6.61. The molecule has 3 aromatic carbocycles. The monoisotopic (exact) mass is 674 g/mol. The van der Waals surface area contributed by atoms with Crippen molar-refractivity contribution in [3.05, 3.63) is 83.9 Å². The van der Waals surface area contributed by atoms with Gasteiger partial charge in [-0.15, -0.1) is 0 Å². The number of hydrogen-bond acceptors (Lipinski definition) is 7. The zero-order chi connectivity index (χ0) is 35.3. The van der Waals surface area contributed by atoms with E-state index in [0.717, 1.165) is 24.8 Å². The number of nitrogens with zero attached hydrogens (tertiary/aromatic N) is 2. The van der Waals surface area contributed by atoms with Crippen LogP contribution >= 0.6 is 0 Å². The van der Waals surface area contributed by atoms with Crippen molar-refractivity contribution in [3.63, 3.8) is 0 Å². The molecule has 49 heavy (non-hydrogen) atoms. The highest BCUT2D eigenvalue weighted by molar-refractivity contribution is 6.02. The molecule has 0 bridgehead atoms. The molecule has 11 nitrogen and oxygen atoms in total. The van der Waals surface area contributed by atoms with Crippen LogP contribution in [0.3, 0.4) is 0 Å². The molecule has 1 aliphatic heterocycles. The molecule has 0 fully saturated rings. The van der Waals surface area contributed by atoms with Crippen molar-refractivity contribution in [3.8, 4) is 11.5 Å². The Morgan fingerprint density at radius 1 is 1.02 bits per heavy atom. The lowest BCUT2D eigenvalue weighted by molar-refractivity contribution is -0.131. The number of hydrogen-bond donors (Lipinski definition) is 3. The van der Waals surface area contributed by atoms with Gasteiger partial charge in [-0.25, -0.2) is 4.79 Å². The third-order valence-corrected chi connectivity index (χ3v) is 8.74. The average Bonchev–Trinajstić information content (AvgIpc) is 3.10. The van der Waals surface area contributed by atoms with Gasteiger partial charge < -0.3 is 39.8 Å². The molecule has 0 radical (unpaired) electrons. The van der Waals surface area contributed by atoms with Crippen LogP contribution in [0.5, 0.6) is 11.5 Å². The summed E-state index contributed by atoms with van der Waals surface area (Å²) in [6, 6.07) is 20.6. The van der Waals surface area contributed by atoms with Crippen LogP contribution in [0.2, 0.25) is 0 Å². The van der Waals surface area contributed by atoms with Crippen molar-refractivity contribution in [2.45, 2.75) is 64.7 Å². The predicted octanol–water partition coefficient (Wildman–Crippen LogP) is 5.84. The maximum Gasteiger partial charge on any atom is 0.323 e. The lowest BCUT2D eigenvalue weighted by Crippen LogP contribution is -2.48. The third-order valence-electron chi connectivity index (χ3n) is 8.74. The third kappa shape index (κ3) is 11.0. The minimum absolute atomic E-state index is 0.0194. The Labute approximate surface area is 289 Å². The van der Waals surface area contributed by atoms with Gasteiger partial charge >= 0.3 is 6.03 Å². The van der Waals surface area contributed by atoms with Gasteiger partial charge in [-0.05, 0) is 81.1 Å². The minimum atomic E-state index is -0.527. The first-order valence-electron chi connectivity index (χ1n) is 16.9. The van der Waals surface area contributed by atoms with E-state index in [-0.39, 0.29) is 55.1 Å². The molecule has 4 atom stereocenters. The van der Waals surface area contributed by atoms with Crippen LogP contribution in [-0.2, 0) is 16.0 Å². The van der Waals surface area contributed by atoms with E-state index in [1.807, 2.05) is 44.2 Å². The molecule has 3 N–H and O–H groups in total. The first-order chi connectivity index (χ1) is 23.6. The van der Waals surface area contributed by atoms with E-state index in [4.69, 9.17) is 14.2 Å². The number of ether oxygens (including phenoxy) is 3. The molecule has 4 amide bonds. The van der Waals surface area contributed by atoms with Crippen molar-refractivity contribution in [2.24, 2.45) is 5.92 Å². The highest BCUT2D eigenvalue weighted by Crippen LogP contribution is 2.29. The standard InChI is InChI=1S/C38H50N4O7/c1-26-23-42(27(2)25-43)37(45)33-22-31(40-38(46)39-30-14-17-32(47-5)18-15-30)16-19-34(33)49-28(3)11-9-10-20-48-35(26)24-41(4)36(44)21-29-12-7-6-8-13-29/h6-8,12-19,22,26-28,35,43H,9-11,20-21,23-25H2,1-5H3,(H2,39,40,46)/t26-,27+,28-,35+/m0/s1. The number of nitrogens with one attached hydrogen (secondary N) is 2. The Morgan fingerprint density at radius 2 is 1.71 bits per heavy atom. The molecule has 0 aromatic heterocycles. The second kappa shape index (κ2) is 18.2. The van der Waals surface area contributed by atoms with Crippen molar-refractivity contribution in [2.75, 3.05) is 51.1 Å². The number of carbonyl (C=O) groups excluding carboxylic acids is 3. The molecule has 11 heteroatoms. The van der Waals surface area contributed by atoms with Crippen LogP contribution in [-0.4, -0.2) is 91.5 Å². The summed E-state index contributed by atoms with van der Waals surface area (Å²) in [4.78, 5) is 43.7. The molecular weight excluding hydrogens is 624 g/mol. The van der Waals surface area contributed by atoms with Gasteiger partial charge in [0.2, 0.25) is 5.91 Å². The summed E-state index contributed by atoms with van der Waals surface area (Å²) < 4.78 is 17.9. The Morgan fingerprint density at radius 3 is 2.41 bits per heavy atom. The van der Waals surface area contributed by atoms with Crippen molar-refractivity contribution in [1.82, 2.24) is 9.80 Å². The summed E-state index contributed by atoms with van der Waals surface area (Å²) >= 11 is 0. The van der Waals surface area contributed by atoms with Gasteiger partial charge in [-0.2, -0.15) is 0 Å². The fraction of sp³-hybridized carbons (Fsp3) is 0.447. The fourth-order valence-corrected chi connectivity index (χ4v) is 5.71. The number of aliphatic hydroxyl groups excluding tert-OH is 1. The zero-order valence-corrected chi connectivity index (χ0v) is 29.2. The highest BCUT2D eigenvalue weighted by Gasteiger charge is 2.31. The smallest absolute Gasteiger partial charge is 0.323 e. The SMILES string of the molecule is COc1ccc(NC(=O)Nc2ccc3c(c2)C(=O)N([C@H](C)CO)C[C@H](C)[C@@H](CN(C)C(=O)Cc2ccccc2)OCCCC[C@H](C)O3)cc1. The average molecular weight is 675 g/mol. The number of fused-ring (bicyclic) bond motifs is 1. The summed E-state index contributed by atoms with van der Waals surface area (Å²) in [6.07, 6.45) is 2.16. The quantitative estimate of drug-likeness (QED) is 0.260. The van der Waals surface area contributed by atoms with E-state index in [9.17, 15) is 19.5 Å². The summed E-state index contributed by atoms with van der Waals surface area (Å²) in [5.41, 5.74) is 2.19. The Hall–Kier alpha value is -4.61. The number of amides is 4. The van der Waals surface area contributed by atoms with Crippen LogP contribution in [0.4, 0.5) is 16.2 Å². The Kier molecular flexibility index (Phi) is 13.8. The van der Waals surface area contributed by atoms with Gasteiger partial charge in [-0.3, -0.25) is 9.59 Å². The topological polar surface area (TPSA) is 130 Å². The number of rotatable bonds is 9. The molecule has 4 rings (SSSR count). The number of methoxy groups -OCH3 is 1. The molecule has 0 saturated heterocycles. The second-order valence-corrected chi connectivity index (χ2v) is 12.8. The van der Waals surface area contributed by atoms with Crippen molar-refractivity contribution in [1.29, 1.82) is 0 Å². The van der Waals surface area contributed by atoms with Crippen molar-refractivity contribution < 1.29 is 33.7 Å². The second-order valence-electron chi connectivity index (χ2n) is 12.8. The zero-order valence-electron chi connectivity index (χ0n) is 29.2. The van der Waals surface area contributed by atoms with E-state index < -0.39 is 12.1 Å². The molecule has 0 unspecified atom stereocenters. The summed E-state index contributed by atoms with van der Waals surface area (Å²) in [5, 5.41) is 15.8. The van der Waals surface area contributed by atoms with Gasteiger partial charge in [0.05, 0.1) is 44.0 Å². The summed E-state index contributed by atoms with van der Waals surface area (Å²) in [5.74, 6) is 0.515. The van der Waals surface area contributed by atoms with Gasteiger partial charge in [-0.1, -0.05) is 37.3 Å². The lowest BCUT2D eigenvalue weighted by atomic mass is 10.0. The fourth-order valence-electron chi connectivity index (χ4n) is 5.71. The number of anilines is 2. The highest BCUT2D eigenvalue weighted by atomic mass is 16.5. The van der Waals surface area contributed by atoms with E-state index in [2.05, 4.69) is 10.6 Å². The number of aliphatic hydroxyl groups is 1. The van der Waals surface area contributed by atoms with Gasteiger partial charge in [0, 0.05) is 44.0 Å². The Bertz CT molecular complexity index is 1520. The molecule has 0 saturated carbocycles. The van der Waals surface area contributed by atoms with Gasteiger partial charge in [0.15, 0.2) is 0 Å². The lowest BCUT2D eigenvalue weighted by Gasteiger charge is -2.36. The largest absolute Gasteiger partial charge is 0.497 e. The number of benzene rings is 3.